The Labute approximate surface area is 112 Å². The van der Waals surface area contributed by atoms with Gasteiger partial charge in [-0.25, -0.2) is 4.98 Å². The molecule has 3 nitrogen and oxygen atoms in total. The third kappa shape index (κ3) is 4.00. The van der Waals surface area contributed by atoms with E-state index in [0.717, 1.165) is 36.4 Å². The van der Waals surface area contributed by atoms with Gasteiger partial charge in [0.15, 0.2) is 0 Å². The summed E-state index contributed by atoms with van der Waals surface area (Å²) in [6.07, 6.45) is 10.9. The number of unbranched alkanes of at least 4 members (excludes halogenated alkanes) is 2. The number of benzene rings is 1. The monoisotopic (exact) mass is 261 g/mol. The number of aryl methyl sites for hydroxylation is 1. The van der Waals surface area contributed by atoms with Crippen LogP contribution in [-0.4, -0.2) is 14.8 Å². The number of rotatable bonds is 6. The highest BCUT2D eigenvalue weighted by molar-refractivity contribution is 6.32. The Morgan fingerprint density at radius 1 is 1.22 bits per heavy atom. The summed E-state index contributed by atoms with van der Waals surface area (Å²) in [6.45, 7) is 0.930. The molecule has 0 aliphatic rings. The molecule has 94 valence electrons. The maximum absolute atomic E-state index is 6.06. The van der Waals surface area contributed by atoms with E-state index in [0.29, 0.717) is 0 Å². The van der Waals surface area contributed by atoms with Crippen molar-refractivity contribution in [2.24, 2.45) is 0 Å². The van der Waals surface area contributed by atoms with Gasteiger partial charge in [-0.05, 0) is 30.9 Å². The first-order chi connectivity index (χ1) is 8.86. The largest absolute Gasteiger partial charge is 0.253 e. The molecule has 0 aliphatic heterocycles. The Kier molecular flexibility index (Phi) is 4.97. The molecule has 0 atom stereocenters. The van der Waals surface area contributed by atoms with Crippen LogP contribution in [0.5, 0.6) is 0 Å². The third-order valence-electron chi connectivity index (χ3n) is 2.68. The first kappa shape index (κ1) is 12.8. The summed E-state index contributed by atoms with van der Waals surface area (Å²) in [7, 11) is 0. The van der Waals surface area contributed by atoms with Crippen molar-refractivity contribution in [3.05, 3.63) is 53.6 Å². The Bertz CT molecular complexity index is 492. The SMILES string of the molecule is Clc1ccccc1/C=C/CCCCn1cncn1. The van der Waals surface area contributed by atoms with E-state index in [9.17, 15) is 0 Å². The fraction of sp³-hybridized carbons (Fsp3) is 0.286. The zero-order valence-corrected chi connectivity index (χ0v) is 10.9. The minimum atomic E-state index is 0.802. The van der Waals surface area contributed by atoms with Crippen molar-refractivity contribution in [1.29, 1.82) is 0 Å². The second kappa shape index (κ2) is 6.97. The van der Waals surface area contributed by atoms with Crippen LogP contribution in [0.3, 0.4) is 0 Å². The quantitative estimate of drug-likeness (QED) is 0.740. The molecule has 1 aromatic heterocycles. The third-order valence-corrected chi connectivity index (χ3v) is 3.02. The standard InChI is InChI=1S/C14H16ClN3/c15-14-9-5-4-8-13(14)7-3-1-2-6-10-18-12-16-11-17-18/h3-5,7-9,11-12H,1-2,6,10H2/b7-3+. The number of allylic oxidation sites excluding steroid dienone is 1. The Morgan fingerprint density at radius 3 is 2.89 bits per heavy atom. The molecule has 0 aliphatic carbocycles. The lowest BCUT2D eigenvalue weighted by Gasteiger charge is -1.99. The highest BCUT2D eigenvalue weighted by Crippen LogP contribution is 2.16. The van der Waals surface area contributed by atoms with Gasteiger partial charge >= 0.3 is 0 Å². The summed E-state index contributed by atoms with van der Waals surface area (Å²) in [5.41, 5.74) is 1.08. The van der Waals surface area contributed by atoms with Gasteiger partial charge in [-0.3, -0.25) is 4.68 Å². The lowest BCUT2D eigenvalue weighted by atomic mass is 10.1. The van der Waals surface area contributed by atoms with Gasteiger partial charge in [0, 0.05) is 11.6 Å². The summed E-state index contributed by atoms with van der Waals surface area (Å²) in [4.78, 5) is 3.91. The Morgan fingerprint density at radius 2 is 2.11 bits per heavy atom. The molecule has 0 spiro atoms. The molecular weight excluding hydrogens is 246 g/mol. The number of nitrogens with zero attached hydrogens (tertiary/aromatic N) is 3. The lowest BCUT2D eigenvalue weighted by Crippen LogP contribution is -1.97. The summed E-state index contributed by atoms with van der Waals surface area (Å²) in [5.74, 6) is 0. The van der Waals surface area contributed by atoms with E-state index < -0.39 is 0 Å². The van der Waals surface area contributed by atoms with Crippen LogP contribution < -0.4 is 0 Å². The molecule has 0 radical (unpaired) electrons. The summed E-state index contributed by atoms with van der Waals surface area (Å²) < 4.78 is 1.86. The van der Waals surface area contributed by atoms with Crippen LogP contribution in [-0.2, 0) is 6.54 Å². The predicted molar refractivity (Wildman–Crippen MR) is 74.4 cm³/mol. The fourth-order valence-corrected chi connectivity index (χ4v) is 1.90. The Balaban J connectivity index is 1.68. The molecule has 0 unspecified atom stereocenters. The summed E-state index contributed by atoms with van der Waals surface area (Å²) in [6, 6.07) is 7.87. The van der Waals surface area contributed by atoms with Gasteiger partial charge in [0.2, 0.25) is 0 Å². The van der Waals surface area contributed by atoms with Crippen molar-refractivity contribution in [3.63, 3.8) is 0 Å². The summed E-state index contributed by atoms with van der Waals surface area (Å²) >= 11 is 6.06. The highest BCUT2D eigenvalue weighted by Gasteiger charge is 1.93. The Hall–Kier alpha value is -1.61. The minimum absolute atomic E-state index is 0.802. The van der Waals surface area contributed by atoms with Gasteiger partial charge in [-0.1, -0.05) is 42.0 Å². The van der Waals surface area contributed by atoms with E-state index in [1.54, 1.807) is 12.7 Å². The molecule has 1 heterocycles. The van der Waals surface area contributed by atoms with Crippen LogP contribution >= 0.6 is 11.6 Å². The van der Waals surface area contributed by atoms with Crippen molar-refractivity contribution >= 4 is 17.7 Å². The topological polar surface area (TPSA) is 30.7 Å². The van der Waals surface area contributed by atoms with Crippen molar-refractivity contribution in [3.8, 4) is 0 Å². The molecule has 0 saturated carbocycles. The number of aromatic nitrogens is 3. The second-order valence-electron chi connectivity index (χ2n) is 4.08. The van der Waals surface area contributed by atoms with Crippen molar-refractivity contribution in [2.75, 3.05) is 0 Å². The van der Waals surface area contributed by atoms with E-state index in [-0.39, 0.29) is 0 Å². The minimum Gasteiger partial charge on any atom is -0.253 e. The molecule has 0 bridgehead atoms. The molecule has 0 N–H and O–H groups in total. The number of hydrogen-bond donors (Lipinski definition) is 0. The van der Waals surface area contributed by atoms with E-state index in [1.807, 2.05) is 28.9 Å². The molecule has 4 heteroatoms. The number of hydrogen-bond acceptors (Lipinski definition) is 2. The van der Waals surface area contributed by atoms with Crippen LogP contribution in [0.15, 0.2) is 43.0 Å². The van der Waals surface area contributed by atoms with Gasteiger partial charge < -0.3 is 0 Å². The van der Waals surface area contributed by atoms with Crippen molar-refractivity contribution in [2.45, 2.75) is 25.8 Å². The van der Waals surface area contributed by atoms with E-state index in [4.69, 9.17) is 11.6 Å². The van der Waals surface area contributed by atoms with Gasteiger partial charge in [0.1, 0.15) is 12.7 Å². The van der Waals surface area contributed by atoms with Crippen LogP contribution in [0.25, 0.3) is 6.08 Å². The van der Waals surface area contributed by atoms with Crippen LogP contribution in [0, 0.1) is 0 Å². The molecular formula is C14H16ClN3. The molecule has 2 aromatic rings. The fourth-order valence-electron chi connectivity index (χ4n) is 1.70. The lowest BCUT2D eigenvalue weighted by molar-refractivity contribution is 0.559. The van der Waals surface area contributed by atoms with Crippen LogP contribution in [0.1, 0.15) is 24.8 Å². The zero-order valence-electron chi connectivity index (χ0n) is 10.2. The van der Waals surface area contributed by atoms with Crippen LogP contribution in [0.2, 0.25) is 5.02 Å². The van der Waals surface area contributed by atoms with Gasteiger partial charge in [-0.2, -0.15) is 5.10 Å². The van der Waals surface area contributed by atoms with Crippen molar-refractivity contribution < 1.29 is 0 Å². The molecule has 0 saturated heterocycles. The molecule has 0 fully saturated rings. The average Bonchev–Trinajstić information content (AvgIpc) is 2.89. The number of halogens is 1. The molecule has 18 heavy (non-hydrogen) atoms. The predicted octanol–water partition coefficient (Wildman–Crippen LogP) is 3.82. The average molecular weight is 262 g/mol. The van der Waals surface area contributed by atoms with Gasteiger partial charge in [0.25, 0.3) is 0 Å². The van der Waals surface area contributed by atoms with Gasteiger partial charge in [0.05, 0.1) is 0 Å². The highest BCUT2D eigenvalue weighted by atomic mass is 35.5. The zero-order chi connectivity index (χ0) is 12.6. The molecule has 1 aromatic carbocycles. The maximum atomic E-state index is 6.06. The first-order valence-corrected chi connectivity index (χ1v) is 6.47. The summed E-state index contributed by atoms with van der Waals surface area (Å²) in [5, 5.41) is 4.87. The van der Waals surface area contributed by atoms with Crippen LogP contribution in [0.4, 0.5) is 0 Å². The van der Waals surface area contributed by atoms with Crippen molar-refractivity contribution in [1.82, 2.24) is 14.8 Å². The van der Waals surface area contributed by atoms with Gasteiger partial charge in [-0.15, -0.1) is 0 Å². The maximum Gasteiger partial charge on any atom is 0.137 e. The molecule has 0 amide bonds. The normalized spacial score (nSPS) is 11.2. The second-order valence-corrected chi connectivity index (χ2v) is 4.49. The smallest absolute Gasteiger partial charge is 0.137 e. The van der Waals surface area contributed by atoms with E-state index in [1.165, 1.54) is 0 Å². The molecule has 2 rings (SSSR count). The van der Waals surface area contributed by atoms with E-state index in [2.05, 4.69) is 22.2 Å². The van der Waals surface area contributed by atoms with E-state index >= 15 is 0 Å². The first-order valence-electron chi connectivity index (χ1n) is 6.10.